The van der Waals surface area contributed by atoms with Crippen LogP contribution >= 0.6 is 0 Å². The zero-order valence-electron chi connectivity index (χ0n) is 9.20. The maximum Gasteiger partial charge on any atom is 0.264 e. The van der Waals surface area contributed by atoms with Crippen molar-refractivity contribution in [1.29, 1.82) is 0 Å². The van der Waals surface area contributed by atoms with Crippen molar-refractivity contribution in [3.8, 4) is 0 Å². The van der Waals surface area contributed by atoms with Gasteiger partial charge in [-0.25, -0.2) is 13.1 Å². The number of nitrogens with two attached hydrogens (primary N) is 1. The largest absolute Gasteiger partial charge is 0.391 e. The summed E-state index contributed by atoms with van der Waals surface area (Å²) in [6, 6.07) is 6.14. The molecule has 0 aliphatic heterocycles. The Labute approximate surface area is 99.5 Å². The van der Waals surface area contributed by atoms with E-state index in [1.54, 1.807) is 10.8 Å². The minimum Gasteiger partial charge on any atom is -0.391 e. The number of rotatable bonds is 4. The van der Waals surface area contributed by atoms with Crippen molar-refractivity contribution in [1.82, 2.24) is 4.72 Å². The van der Waals surface area contributed by atoms with Crippen LogP contribution in [0.2, 0.25) is 0 Å². The van der Waals surface area contributed by atoms with Gasteiger partial charge in [0.2, 0.25) is 0 Å². The lowest BCUT2D eigenvalue weighted by atomic mass is 10.2. The van der Waals surface area contributed by atoms with E-state index in [1.165, 1.54) is 31.2 Å². The molecule has 0 heterocycles. The van der Waals surface area contributed by atoms with Crippen molar-refractivity contribution < 1.29 is 18.3 Å². The molecule has 0 spiro atoms. The van der Waals surface area contributed by atoms with E-state index in [4.69, 9.17) is 10.8 Å². The third kappa shape index (κ3) is 3.52. The second-order valence-electron chi connectivity index (χ2n) is 3.55. The van der Waals surface area contributed by atoms with Gasteiger partial charge in [0, 0.05) is 0 Å². The van der Waals surface area contributed by atoms with Crippen LogP contribution in [-0.4, -0.2) is 31.6 Å². The van der Waals surface area contributed by atoms with Crippen LogP contribution in [0.15, 0.2) is 35.2 Å². The van der Waals surface area contributed by atoms with E-state index in [1.807, 2.05) is 0 Å². The van der Waals surface area contributed by atoms with Gasteiger partial charge in [-0.15, -0.1) is 0 Å². The van der Waals surface area contributed by atoms with Crippen LogP contribution in [-0.2, 0) is 14.8 Å². The van der Waals surface area contributed by atoms with Gasteiger partial charge in [-0.2, -0.15) is 0 Å². The third-order valence-corrected chi connectivity index (χ3v) is 3.47. The number of carbonyl (C=O) groups is 1. The average molecular weight is 258 g/mol. The molecule has 1 aromatic rings. The quantitative estimate of drug-likeness (QED) is 0.655. The van der Waals surface area contributed by atoms with Gasteiger partial charge in [-0.05, 0) is 19.1 Å². The predicted octanol–water partition coefficient (Wildman–Crippen LogP) is -0.800. The summed E-state index contributed by atoms with van der Waals surface area (Å²) >= 11 is 0. The molecule has 4 N–H and O–H groups in total. The summed E-state index contributed by atoms with van der Waals surface area (Å²) in [5.41, 5.74) is 5.32. The van der Waals surface area contributed by atoms with Crippen molar-refractivity contribution in [2.75, 3.05) is 0 Å². The molecule has 0 saturated heterocycles. The van der Waals surface area contributed by atoms with E-state index in [2.05, 4.69) is 0 Å². The van der Waals surface area contributed by atoms with Gasteiger partial charge in [-0.3, -0.25) is 4.79 Å². The fourth-order valence-electron chi connectivity index (χ4n) is 1.08. The molecule has 6 nitrogen and oxygen atoms in total. The lowest BCUT2D eigenvalue weighted by Crippen LogP contribution is -2.48. The summed E-state index contributed by atoms with van der Waals surface area (Å²) in [7, 11) is -3.93. The summed E-state index contributed by atoms with van der Waals surface area (Å²) in [6.45, 7) is 1.30. The van der Waals surface area contributed by atoms with E-state index < -0.39 is 28.1 Å². The van der Waals surface area contributed by atoms with E-state index in [0.717, 1.165) is 0 Å². The number of nitrogens with one attached hydrogen (secondary N) is 1. The summed E-state index contributed by atoms with van der Waals surface area (Å²) in [6.07, 6.45) is -1.12. The molecule has 0 unspecified atom stereocenters. The molecule has 1 amide bonds. The Morgan fingerprint density at radius 3 is 2.35 bits per heavy atom. The van der Waals surface area contributed by atoms with Crippen LogP contribution in [0.25, 0.3) is 0 Å². The highest BCUT2D eigenvalue weighted by Gasteiger charge is 2.24. The van der Waals surface area contributed by atoms with E-state index in [9.17, 15) is 13.2 Å². The number of carbonyl (C=O) groups excluding carboxylic acids is 1. The molecular formula is C10H14N2O4S. The predicted molar refractivity (Wildman–Crippen MR) is 61.4 cm³/mol. The number of aliphatic hydroxyl groups is 1. The minimum atomic E-state index is -3.93. The lowest BCUT2D eigenvalue weighted by molar-refractivity contribution is -0.122. The van der Waals surface area contributed by atoms with Crippen LogP contribution in [0.1, 0.15) is 6.92 Å². The zero-order chi connectivity index (χ0) is 13.1. The van der Waals surface area contributed by atoms with Crippen molar-refractivity contribution in [2.24, 2.45) is 5.73 Å². The summed E-state index contributed by atoms with van der Waals surface area (Å²) in [5.74, 6) is -0.941. The molecule has 0 aliphatic carbocycles. The number of sulfonamides is 1. The Hall–Kier alpha value is -1.44. The summed E-state index contributed by atoms with van der Waals surface area (Å²) in [4.78, 5) is 11.4. The molecule has 17 heavy (non-hydrogen) atoms. The number of benzene rings is 1. The Bertz CT molecular complexity index is 484. The maximum atomic E-state index is 11.7. The van der Waals surface area contributed by atoms with E-state index in [-0.39, 0.29) is 4.90 Å². The molecule has 1 rings (SSSR count). The first-order valence-electron chi connectivity index (χ1n) is 4.90. The Morgan fingerprint density at radius 2 is 1.88 bits per heavy atom. The van der Waals surface area contributed by atoms with Gasteiger partial charge in [0.1, 0.15) is 6.04 Å². The van der Waals surface area contributed by atoms with Gasteiger partial charge >= 0.3 is 0 Å². The van der Waals surface area contributed by atoms with Crippen molar-refractivity contribution in [3.05, 3.63) is 30.3 Å². The Morgan fingerprint density at radius 1 is 1.35 bits per heavy atom. The fourth-order valence-corrected chi connectivity index (χ4v) is 2.11. The number of amides is 1. The lowest BCUT2D eigenvalue weighted by Gasteiger charge is -2.14. The highest BCUT2D eigenvalue weighted by atomic mass is 32.2. The maximum absolute atomic E-state index is 11.7. The summed E-state index contributed by atoms with van der Waals surface area (Å²) < 4.78 is 25.2. The topological polar surface area (TPSA) is 109 Å². The summed E-state index contributed by atoms with van der Waals surface area (Å²) in [5, 5.41) is 9.08. The fraction of sp³-hybridized carbons (Fsp3) is 0.300. The first-order chi connectivity index (χ1) is 7.84. The second kappa shape index (κ2) is 5.26. The van der Waals surface area contributed by atoms with Crippen molar-refractivity contribution in [3.63, 3.8) is 0 Å². The Balaban J connectivity index is 2.85. The van der Waals surface area contributed by atoms with Crippen molar-refractivity contribution in [2.45, 2.75) is 24.0 Å². The van der Waals surface area contributed by atoms with Gasteiger partial charge in [0.15, 0.2) is 0 Å². The molecule has 0 fully saturated rings. The molecule has 94 valence electrons. The Kier molecular flexibility index (Phi) is 4.22. The highest BCUT2D eigenvalue weighted by Crippen LogP contribution is 2.07. The van der Waals surface area contributed by atoms with Crippen molar-refractivity contribution >= 4 is 15.9 Å². The first-order valence-corrected chi connectivity index (χ1v) is 6.38. The highest BCUT2D eigenvalue weighted by molar-refractivity contribution is 7.90. The van der Waals surface area contributed by atoms with Crippen LogP contribution in [0.4, 0.5) is 0 Å². The molecule has 7 heteroatoms. The minimum absolute atomic E-state index is 0.0360. The molecule has 0 radical (unpaired) electrons. The molecule has 0 saturated carbocycles. The molecule has 1 aromatic carbocycles. The van der Waals surface area contributed by atoms with Crippen LogP contribution in [0.5, 0.6) is 0 Å². The molecular weight excluding hydrogens is 244 g/mol. The third-order valence-electron chi connectivity index (χ3n) is 2.11. The molecule has 0 bridgehead atoms. The SMILES string of the molecule is C[C@@H](O)[C@H](N)C(=O)NS(=O)(=O)c1ccccc1. The number of aliphatic hydroxyl groups excluding tert-OH is 1. The van der Waals surface area contributed by atoms with Gasteiger partial charge in [-0.1, -0.05) is 18.2 Å². The van der Waals surface area contributed by atoms with Crippen LogP contribution in [0.3, 0.4) is 0 Å². The van der Waals surface area contributed by atoms with Gasteiger partial charge in [0.05, 0.1) is 11.0 Å². The normalized spacial score (nSPS) is 15.0. The first kappa shape index (κ1) is 13.6. The van der Waals surface area contributed by atoms with Gasteiger partial charge < -0.3 is 10.8 Å². The smallest absolute Gasteiger partial charge is 0.264 e. The monoisotopic (exact) mass is 258 g/mol. The van der Waals surface area contributed by atoms with Crippen LogP contribution in [0, 0.1) is 0 Å². The van der Waals surface area contributed by atoms with Crippen LogP contribution < -0.4 is 10.5 Å². The zero-order valence-corrected chi connectivity index (χ0v) is 10.0. The standard InChI is InChI=1S/C10H14N2O4S/c1-7(13)9(11)10(14)12-17(15,16)8-5-3-2-4-6-8/h2-7,9,13H,11H2,1H3,(H,12,14)/t7-,9+/m1/s1. The van der Waals surface area contributed by atoms with E-state index >= 15 is 0 Å². The molecule has 0 aliphatic rings. The number of hydrogen-bond acceptors (Lipinski definition) is 5. The van der Waals surface area contributed by atoms with E-state index in [0.29, 0.717) is 0 Å². The number of hydrogen-bond donors (Lipinski definition) is 3. The van der Waals surface area contributed by atoms with Gasteiger partial charge in [0.25, 0.3) is 15.9 Å². The average Bonchev–Trinajstić information content (AvgIpc) is 2.28. The molecule has 2 atom stereocenters. The second-order valence-corrected chi connectivity index (χ2v) is 5.23. The molecule has 0 aromatic heterocycles.